The van der Waals surface area contributed by atoms with E-state index in [0.717, 1.165) is 34.8 Å². The molecule has 0 saturated heterocycles. The first-order valence-electron chi connectivity index (χ1n) is 9.88. The van der Waals surface area contributed by atoms with Gasteiger partial charge in [0.05, 0.1) is 16.9 Å². The Labute approximate surface area is 187 Å². The largest absolute Gasteiger partial charge is 0.416 e. The van der Waals surface area contributed by atoms with Crippen molar-refractivity contribution in [3.8, 4) is 0 Å². The summed E-state index contributed by atoms with van der Waals surface area (Å²) in [5.74, 6) is -0.185. The third kappa shape index (κ3) is 4.07. The minimum absolute atomic E-state index is 0.0680. The van der Waals surface area contributed by atoms with Gasteiger partial charge in [0.2, 0.25) is 5.91 Å². The Hall–Kier alpha value is -2.07. The van der Waals surface area contributed by atoms with Crippen LogP contribution in [0.3, 0.4) is 0 Å². The number of sulfonamides is 1. The molecule has 0 aromatic heterocycles. The average Bonchev–Trinajstić information content (AvgIpc) is 3.46. The average molecular weight is 517 g/mol. The minimum Gasteiger partial charge on any atom is -0.310 e. The van der Waals surface area contributed by atoms with E-state index in [4.69, 9.17) is 0 Å². The number of halogens is 4. The van der Waals surface area contributed by atoms with Gasteiger partial charge in [-0.1, -0.05) is 22.0 Å². The highest BCUT2D eigenvalue weighted by Gasteiger charge is 2.40. The number of fused-ring (bicyclic) bond motifs is 1. The van der Waals surface area contributed by atoms with Gasteiger partial charge in [-0.05, 0) is 62.1 Å². The van der Waals surface area contributed by atoms with Gasteiger partial charge in [0.1, 0.15) is 4.90 Å². The van der Waals surface area contributed by atoms with Crippen LogP contribution < -0.4 is 9.21 Å². The molecule has 1 amide bonds. The van der Waals surface area contributed by atoms with Crippen LogP contribution in [-0.2, 0) is 27.4 Å². The lowest BCUT2D eigenvalue weighted by atomic mass is 10.2. The fourth-order valence-electron chi connectivity index (χ4n) is 3.88. The SMILES string of the molecule is CCN(c1cccc(C(F)(F)F)c1)S(=O)(=O)c1cc(Br)cc2c1N(C(=O)C1CC1)CC2. The van der Waals surface area contributed by atoms with Gasteiger partial charge in [0, 0.05) is 23.5 Å². The van der Waals surface area contributed by atoms with E-state index in [9.17, 15) is 26.4 Å². The van der Waals surface area contributed by atoms with Crippen molar-refractivity contribution in [1.82, 2.24) is 0 Å². The van der Waals surface area contributed by atoms with Crippen molar-refractivity contribution in [2.75, 3.05) is 22.3 Å². The molecule has 31 heavy (non-hydrogen) atoms. The van der Waals surface area contributed by atoms with Crippen LogP contribution in [0.25, 0.3) is 0 Å². The molecule has 2 aromatic carbocycles. The third-order valence-electron chi connectivity index (χ3n) is 5.50. The highest BCUT2D eigenvalue weighted by atomic mass is 79.9. The summed E-state index contributed by atoms with van der Waals surface area (Å²) in [6.45, 7) is 1.88. The second-order valence-electron chi connectivity index (χ2n) is 7.64. The molecular formula is C21H20BrF3N2O3S. The molecule has 0 spiro atoms. The zero-order valence-corrected chi connectivity index (χ0v) is 19.0. The molecule has 4 rings (SSSR count). The number of nitrogens with zero attached hydrogens (tertiary/aromatic N) is 2. The lowest BCUT2D eigenvalue weighted by molar-refractivity contribution is -0.137. The quantitative estimate of drug-likeness (QED) is 0.562. The Kier molecular flexibility index (Phi) is 5.58. The molecule has 1 fully saturated rings. The first-order chi connectivity index (χ1) is 14.5. The number of carbonyl (C=O) groups excluding carboxylic acids is 1. The predicted octanol–water partition coefficient (Wildman–Crippen LogP) is 4.98. The van der Waals surface area contributed by atoms with Gasteiger partial charge < -0.3 is 4.90 Å². The summed E-state index contributed by atoms with van der Waals surface area (Å²) in [5, 5.41) is 0. The molecule has 1 saturated carbocycles. The fraction of sp³-hybridized carbons (Fsp3) is 0.381. The smallest absolute Gasteiger partial charge is 0.310 e. The molecule has 166 valence electrons. The summed E-state index contributed by atoms with van der Waals surface area (Å²) in [4.78, 5) is 14.2. The van der Waals surface area contributed by atoms with Crippen LogP contribution in [0.5, 0.6) is 0 Å². The molecular weight excluding hydrogens is 497 g/mol. The maximum absolute atomic E-state index is 13.7. The zero-order valence-electron chi connectivity index (χ0n) is 16.6. The minimum atomic E-state index is -4.59. The molecule has 1 heterocycles. The van der Waals surface area contributed by atoms with Gasteiger partial charge in [-0.2, -0.15) is 13.2 Å². The molecule has 2 aromatic rings. The van der Waals surface area contributed by atoms with Gasteiger partial charge in [-0.25, -0.2) is 8.42 Å². The third-order valence-corrected chi connectivity index (χ3v) is 7.88. The summed E-state index contributed by atoms with van der Waals surface area (Å²) in [6, 6.07) is 7.45. The lowest BCUT2D eigenvalue weighted by Gasteiger charge is -2.27. The van der Waals surface area contributed by atoms with E-state index in [0.29, 0.717) is 23.1 Å². The molecule has 0 unspecified atom stereocenters. The van der Waals surface area contributed by atoms with Gasteiger partial charge >= 0.3 is 6.18 Å². The monoisotopic (exact) mass is 516 g/mol. The molecule has 0 N–H and O–H groups in total. The number of anilines is 2. The molecule has 0 atom stereocenters. The zero-order chi connectivity index (χ0) is 22.6. The number of carbonyl (C=O) groups is 1. The number of alkyl halides is 3. The van der Waals surface area contributed by atoms with E-state index in [2.05, 4.69) is 15.9 Å². The Bertz CT molecular complexity index is 1150. The van der Waals surface area contributed by atoms with Crippen LogP contribution >= 0.6 is 15.9 Å². The van der Waals surface area contributed by atoms with Crippen LogP contribution in [0.4, 0.5) is 24.5 Å². The lowest BCUT2D eigenvalue weighted by Crippen LogP contribution is -2.35. The molecule has 1 aliphatic heterocycles. The molecule has 0 bridgehead atoms. The number of hydrogen-bond acceptors (Lipinski definition) is 3. The highest BCUT2D eigenvalue weighted by molar-refractivity contribution is 9.10. The fourth-order valence-corrected chi connectivity index (χ4v) is 6.27. The summed E-state index contributed by atoms with van der Waals surface area (Å²) in [7, 11) is -4.24. The van der Waals surface area contributed by atoms with E-state index >= 15 is 0 Å². The normalized spacial score (nSPS) is 16.4. The van der Waals surface area contributed by atoms with E-state index in [1.54, 1.807) is 13.0 Å². The summed E-state index contributed by atoms with van der Waals surface area (Å²) < 4.78 is 68.4. The van der Waals surface area contributed by atoms with Crippen LogP contribution in [0.1, 0.15) is 30.9 Å². The topological polar surface area (TPSA) is 57.7 Å². The van der Waals surface area contributed by atoms with E-state index in [-0.39, 0.29) is 29.0 Å². The summed E-state index contributed by atoms with van der Waals surface area (Å²) in [6.07, 6.45) is -2.50. The molecule has 2 aliphatic rings. The van der Waals surface area contributed by atoms with E-state index in [1.165, 1.54) is 23.1 Å². The van der Waals surface area contributed by atoms with Crippen molar-refractivity contribution >= 4 is 43.2 Å². The maximum atomic E-state index is 13.7. The molecule has 10 heteroatoms. The maximum Gasteiger partial charge on any atom is 0.416 e. The Balaban J connectivity index is 1.83. The van der Waals surface area contributed by atoms with Crippen LogP contribution in [0.2, 0.25) is 0 Å². The van der Waals surface area contributed by atoms with Crippen molar-refractivity contribution in [2.24, 2.45) is 5.92 Å². The Morgan fingerprint density at radius 1 is 1.23 bits per heavy atom. The second-order valence-corrected chi connectivity index (χ2v) is 10.4. The second kappa shape index (κ2) is 7.81. The van der Waals surface area contributed by atoms with Crippen molar-refractivity contribution in [2.45, 2.75) is 37.3 Å². The van der Waals surface area contributed by atoms with Crippen LogP contribution in [-0.4, -0.2) is 27.4 Å². The number of rotatable bonds is 5. The first-order valence-corrected chi connectivity index (χ1v) is 12.1. The van der Waals surface area contributed by atoms with Crippen molar-refractivity contribution < 1.29 is 26.4 Å². The number of hydrogen-bond donors (Lipinski definition) is 0. The summed E-state index contributed by atoms with van der Waals surface area (Å²) >= 11 is 3.34. The van der Waals surface area contributed by atoms with Crippen molar-refractivity contribution in [1.29, 1.82) is 0 Å². The number of amides is 1. The predicted molar refractivity (Wildman–Crippen MR) is 115 cm³/mol. The Morgan fingerprint density at radius 3 is 2.55 bits per heavy atom. The van der Waals surface area contributed by atoms with Gasteiger partial charge in [0.15, 0.2) is 0 Å². The molecule has 5 nitrogen and oxygen atoms in total. The first kappa shape index (κ1) is 22.1. The van der Waals surface area contributed by atoms with E-state index in [1.807, 2.05) is 0 Å². The standard InChI is InChI=1S/C21H20BrF3N2O3S/c1-2-27(17-5-3-4-15(11-17)21(23,24)25)31(29,30)18-12-16(22)10-14-8-9-26(19(14)18)20(28)13-6-7-13/h3-5,10-13H,2,6-9H2,1H3. The van der Waals surface area contributed by atoms with Crippen LogP contribution in [0.15, 0.2) is 45.8 Å². The van der Waals surface area contributed by atoms with Gasteiger partial charge in [0.25, 0.3) is 10.0 Å². The van der Waals surface area contributed by atoms with Crippen molar-refractivity contribution in [3.63, 3.8) is 0 Å². The van der Waals surface area contributed by atoms with Crippen LogP contribution in [0, 0.1) is 5.92 Å². The highest BCUT2D eigenvalue weighted by Crippen LogP contribution is 2.43. The van der Waals surface area contributed by atoms with E-state index < -0.39 is 21.8 Å². The molecule has 1 aliphatic carbocycles. The number of benzene rings is 2. The molecule has 0 radical (unpaired) electrons. The Morgan fingerprint density at radius 2 is 1.94 bits per heavy atom. The van der Waals surface area contributed by atoms with Crippen molar-refractivity contribution in [3.05, 3.63) is 52.0 Å². The van der Waals surface area contributed by atoms with Gasteiger partial charge in [-0.15, -0.1) is 0 Å². The van der Waals surface area contributed by atoms with Gasteiger partial charge in [-0.3, -0.25) is 9.10 Å². The summed E-state index contributed by atoms with van der Waals surface area (Å²) in [5.41, 5.74) is 0.0559.